The van der Waals surface area contributed by atoms with Crippen molar-refractivity contribution in [3.63, 3.8) is 0 Å². The van der Waals surface area contributed by atoms with Gasteiger partial charge in [0, 0.05) is 20.8 Å². The molecule has 0 aliphatic carbocycles. The predicted octanol–water partition coefficient (Wildman–Crippen LogP) is -1.51. The minimum atomic E-state index is -1.64. The molecule has 0 amide bonds. The van der Waals surface area contributed by atoms with Crippen molar-refractivity contribution in [2.75, 3.05) is 6.61 Å². The molecule has 1 saturated heterocycles. The molecule has 0 aromatic rings. The predicted molar refractivity (Wildman–Crippen MR) is 64.6 cm³/mol. The molecule has 5 unspecified atom stereocenters. The minimum Gasteiger partial charge on any atom is -0.463 e. The molecule has 9 nitrogen and oxygen atoms in total. The maximum absolute atomic E-state index is 11.1. The lowest BCUT2D eigenvalue weighted by molar-refractivity contribution is -0.293. The van der Waals surface area contributed by atoms with Crippen LogP contribution < -0.4 is 0 Å². The smallest absolute Gasteiger partial charge is 0.303 e. The van der Waals surface area contributed by atoms with Gasteiger partial charge >= 0.3 is 17.9 Å². The topological polar surface area (TPSA) is 129 Å². The SMILES string of the molecule is CC(=O)OCC1OC(O)C(OC(C)=O)C(OC(C)=O)C1O. The highest BCUT2D eigenvalue weighted by molar-refractivity contribution is 5.67. The van der Waals surface area contributed by atoms with Crippen LogP contribution in [0, 0.1) is 0 Å². The minimum absolute atomic E-state index is 0.349. The molecular weight excluding hydrogens is 288 g/mol. The Kier molecular flexibility index (Phi) is 6.06. The third kappa shape index (κ3) is 4.96. The molecule has 2 N–H and O–H groups in total. The number of aliphatic hydroxyl groups excluding tert-OH is 2. The molecular formula is C12H18O9. The van der Waals surface area contributed by atoms with E-state index in [1.165, 1.54) is 0 Å². The molecule has 0 radical (unpaired) electrons. The van der Waals surface area contributed by atoms with Gasteiger partial charge in [-0.05, 0) is 0 Å². The van der Waals surface area contributed by atoms with E-state index in [1.54, 1.807) is 0 Å². The first-order valence-electron chi connectivity index (χ1n) is 6.21. The van der Waals surface area contributed by atoms with Crippen LogP contribution in [0.2, 0.25) is 0 Å². The highest BCUT2D eigenvalue weighted by atomic mass is 16.7. The van der Waals surface area contributed by atoms with Gasteiger partial charge in [-0.25, -0.2) is 0 Å². The first-order valence-corrected chi connectivity index (χ1v) is 6.21. The van der Waals surface area contributed by atoms with Crippen LogP contribution in [-0.4, -0.2) is 65.4 Å². The Hall–Kier alpha value is -1.71. The summed E-state index contributed by atoms with van der Waals surface area (Å²) >= 11 is 0. The van der Waals surface area contributed by atoms with Crippen molar-refractivity contribution in [2.24, 2.45) is 0 Å². The van der Waals surface area contributed by atoms with Gasteiger partial charge in [-0.15, -0.1) is 0 Å². The fourth-order valence-electron chi connectivity index (χ4n) is 1.89. The van der Waals surface area contributed by atoms with E-state index in [0.717, 1.165) is 20.8 Å². The second-order valence-electron chi connectivity index (χ2n) is 4.51. The van der Waals surface area contributed by atoms with Crippen molar-refractivity contribution in [1.29, 1.82) is 0 Å². The summed E-state index contributed by atoms with van der Waals surface area (Å²) in [5.41, 5.74) is 0. The Morgan fingerprint density at radius 3 is 1.95 bits per heavy atom. The third-order valence-corrected chi connectivity index (χ3v) is 2.69. The van der Waals surface area contributed by atoms with E-state index in [9.17, 15) is 24.6 Å². The number of hydrogen-bond donors (Lipinski definition) is 2. The molecule has 1 heterocycles. The zero-order valence-electron chi connectivity index (χ0n) is 11.8. The number of rotatable bonds is 4. The quantitative estimate of drug-likeness (QED) is 0.470. The summed E-state index contributed by atoms with van der Waals surface area (Å²) in [7, 11) is 0. The Balaban J connectivity index is 2.87. The maximum Gasteiger partial charge on any atom is 0.303 e. The average Bonchev–Trinajstić information content (AvgIpc) is 2.35. The number of ether oxygens (including phenoxy) is 4. The molecule has 0 spiro atoms. The number of aliphatic hydroxyl groups is 2. The van der Waals surface area contributed by atoms with Crippen LogP contribution in [0.5, 0.6) is 0 Å². The van der Waals surface area contributed by atoms with Gasteiger partial charge in [0.05, 0.1) is 0 Å². The lowest BCUT2D eigenvalue weighted by Crippen LogP contribution is -2.61. The molecule has 1 fully saturated rings. The second-order valence-corrected chi connectivity index (χ2v) is 4.51. The summed E-state index contributed by atoms with van der Waals surface area (Å²) in [6.07, 6.45) is -6.92. The molecule has 0 saturated carbocycles. The number of esters is 3. The Morgan fingerprint density at radius 1 is 0.952 bits per heavy atom. The number of carbonyl (C=O) groups is 3. The first-order chi connectivity index (χ1) is 9.72. The van der Waals surface area contributed by atoms with Gasteiger partial charge in [-0.2, -0.15) is 0 Å². The molecule has 1 aliphatic rings. The van der Waals surface area contributed by atoms with Crippen molar-refractivity contribution >= 4 is 17.9 Å². The average molecular weight is 306 g/mol. The summed E-state index contributed by atoms with van der Waals surface area (Å²) in [6, 6.07) is 0. The van der Waals surface area contributed by atoms with E-state index < -0.39 is 48.6 Å². The number of carbonyl (C=O) groups excluding carboxylic acids is 3. The van der Waals surface area contributed by atoms with E-state index in [2.05, 4.69) is 4.74 Å². The number of hydrogen-bond acceptors (Lipinski definition) is 9. The van der Waals surface area contributed by atoms with Gasteiger partial charge < -0.3 is 29.2 Å². The van der Waals surface area contributed by atoms with Crippen LogP contribution in [0.1, 0.15) is 20.8 Å². The highest BCUT2D eigenvalue weighted by Crippen LogP contribution is 2.25. The van der Waals surface area contributed by atoms with Crippen LogP contribution in [0.25, 0.3) is 0 Å². The van der Waals surface area contributed by atoms with E-state index in [1.807, 2.05) is 0 Å². The third-order valence-electron chi connectivity index (χ3n) is 2.69. The molecule has 21 heavy (non-hydrogen) atoms. The van der Waals surface area contributed by atoms with Crippen LogP contribution in [-0.2, 0) is 33.3 Å². The van der Waals surface area contributed by atoms with Crippen molar-refractivity contribution in [3.8, 4) is 0 Å². The molecule has 1 aliphatic heterocycles. The van der Waals surface area contributed by atoms with Crippen molar-refractivity contribution < 1.29 is 43.5 Å². The molecule has 5 atom stereocenters. The largest absolute Gasteiger partial charge is 0.463 e. The molecule has 1 rings (SSSR count). The van der Waals surface area contributed by atoms with Gasteiger partial charge in [0.1, 0.15) is 18.8 Å². The van der Waals surface area contributed by atoms with E-state index in [4.69, 9.17) is 14.2 Å². The molecule has 9 heteroatoms. The first kappa shape index (κ1) is 17.3. The zero-order valence-corrected chi connectivity index (χ0v) is 11.8. The van der Waals surface area contributed by atoms with Gasteiger partial charge in [-0.1, -0.05) is 0 Å². The van der Waals surface area contributed by atoms with Gasteiger partial charge in [0.25, 0.3) is 0 Å². The second kappa shape index (κ2) is 7.34. The van der Waals surface area contributed by atoms with Gasteiger partial charge in [0.15, 0.2) is 18.5 Å². The maximum atomic E-state index is 11.1. The summed E-state index contributed by atoms with van der Waals surface area (Å²) in [5.74, 6) is -2.09. The van der Waals surface area contributed by atoms with Crippen LogP contribution in [0.15, 0.2) is 0 Å². The van der Waals surface area contributed by atoms with Crippen molar-refractivity contribution in [2.45, 2.75) is 51.5 Å². The summed E-state index contributed by atoms with van der Waals surface area (Å²) < 4.78 is 19.4. The molecule has 0 aromatic heterocycles. The van der Waals surface area contributed by atoms with E-state index in [0.29, 0.717) is 0 Å². The summed E-state index contributed by atoms with van der Waals surface area (Å²) in [5, 5.41) is 19.9. The normalized spacial score (nSPS) is 32.1. The highest BCUT2D eigenvalue weighted by Gasteiger charge is 2.49. The Labute approximate surface area is 120 Å². The van der Waals surface area contributed by atoms with Crippen LogP contribution >= 0.6 is 0 Å². The van der Waals surface area contributed by atoms with E-state index in [-0.39, 0.29) is 6.61 Å². The van der Waals surface area contributed by atoms with Crippen LogP contribution in [0.4, 0.5) is 0 Å². The van der Waals surface area contributed by atoms with Crippen molar-refractivity contribution in [1.82, 2.24) is 0 Å². The fraction of sp³-hybridized carbons (Fsp3) is 0.750. The van der Waals surface area contributed by atoms with E-state index >= 15 is 0 Å². The summed E-state index contributed by atoms with van der Waals surface area (Å²) in [6.45, 7) is 3.00. The van der Waals surface area contributed by atoms with Crippen LogP contribution in [0.3, 0.4) is 0 Å². The molecule has 0 aromatic carbocycles. The van der Waals surface area contributed by atoms with Gasteiger partial charge in [-0.3, -0.25) is 14.4 Å². The van der Waals surface area contributed by atoms with Crippen molar-refractivity contribution in [3.05, 3.63) is 0 Å². The lowest BCUT2D eigenvalue weighted by Gasteiger charge is -2.41. The summed E-state index contributed by atoms with van der Waals surface area (Å²) in [4.78, 5) is 32.9. The Bertz CT molecular complexity index is 408. The Morgan fingerprint density at radius 2 is 1.48 bits per heavy atom. The molecule has 0 bridgehead atoms. The zero-order chi connectivity index (χ0) is 16.2. The standard InChI is InChI=1S/C12H18O9/c1-5(13)18-4-8-9(16)10(19-6(2)14)11(12(17)21-8)20-7(3)15/h8-12,16-17H,4H2,1-3H3. The monoisotopic (exact) mass is 306 g/mol. The molecule has 120 valence electrons. The fourth-order valence-corrected chi connectivity index (χ4v) is 1.89. The lowest BCUT2D eigenvalue weighted by atomic mass is 9.98. The van der Waals surface area contributed by atoms with Gasteiger partial charge in [0.2, 0.25) is 0 Å².